The maximum Gasteiger partial charge on any atom is 0.573 e. The van der Waals surface area contributed by atoms with E-state index in [1.54, 1.807) is 0 Å². The molecule has 26 heavy (non-hydrogen) atoms. The lowest BCUT2D eigenvalue weighted by Gasteiger charge is -2.10. The van der Waals surface area contributed by atoms with Crippen LogP contribution >= 0.6 is 11.6 Å². The second-order valence-corrected chi connectivity index (χ2v) is 5.83. The van der Waals surface area contributed by atoms with Crippen LogP contribution in [-0.4, -0.2) is 21.0 Å². The van der Waals surface area contributed by atoms with Gasteiger partial charge in [0.25, 0.3) is 5.69 Å². The molecule has 0 unspecified atom stereocenters. The standard InChI is InChI=1S/C16H10ClF3N2O4/c17-13-6-11(22(24)25)5-10-8-21(15(23)14(10)13)7-9-1-3-12(4-2-9)26-16(18,19)20/h1-6,8,23H,7H2. The summed E-state index contributed by atoms with van der Waals surface area (Å²) < 4.78 is 41.7. The summed E-state index contributed by atoms with van der Waals surface area (Å²) in [5.41, 5.74) is 0.369. The van der Waals surface area contributed by atoms with Gasteiger partial charge in [-0.15, -0.1) is 13.2 Å². The number of nitro benzene ring substituents is 1. The molecule has 0 saturated carbocycles. The minimum Gasteiger partial charge on any atom is -0.494 e. The van der Waals surface area contributed by atoms with Crippen molar-refractivity contribution in [3.63, 3.8) is 0 Å². The van der Waals surface area contributed by atoms with Gasteiger partial charge in [0.15, 0.2) is 0 Å². The molecule has 0 aliphatic rings. The van der Waals surface area contributed by atoms with Crippen molar-refractivity contribution in [1.82, 2.24) is 4.57 Å². The number of hydrogen-bond acceptors (Lipinski definition) is 4. The van der Waals surface area contributed by atoms with E-state index in [1.165, 1.54) is 29.0 Å². The quantitative estimate of drug-likeness (QED) is 0.513. The Bertz CT molecular complexity index is 984. The largest absolute Gasteiger partial charge is 0.573 e. The van der Waals surface area contributed by atoms with Gasteiger partial charge >= 0.3 is 6.36 Å². The van der Waals surface area contributed by atoms with Gasteiger partial charge in [0.2, 0.25) is 5.88 Å². The Kier molecular flexibility index (Phi) is 4.41. The number of aromatic nitrogens is 1. The van der Waals surface area contributed by atoms with Crippen molar-refractivity contribution in [3.05, 3.63) is 63.3 Å². The summed E-state index contributed by atoms with van der Waals surface area (Å²) in [6.45, 7) is 0.122. The van der Waals surface area contributed by atoms with Gasteiger partial charge in [-0.2, -0.15) is 0 Å². The smallest absolute Gasteiger partial charge is 0.494 e. The lowest BCUT2D eigenvalue weighted by atomic mass is 10.2. The van der Waals surface area contributed by atoms with E-state index in [-0.39, 0.29) is 34.3 Å². The number of fused-ring (bicyclic) bond motifs is 1. The Balaban J connectivity index is 1.90. The number of nitro groups is 1. The molecule has 0 aliphatic heterocycles. The molecule has 0 spiro atoms. The first-order chi connectivity index (χ1) is 12.1. The van der Waals surface area contributed by atoms with Crippen molar-refractivity contribution in [3.8, 4) is 11.6 Å². The highest BCUT2D eigenvalue weighted by molar-refractivity contribution is 6.36. The van der Waals surface area contributed by atoms with E-state index in [0.717, 1.165) is 18.2 Å². The molecule has 0 atom stereocenters. The second kappa shape index (κ2) is 6.41. The molecule has 10 heteroatoms. The Labute approximate surface area is 149 Å². The molecule has 136 valence electrons. The molecule has 0 radical (unpaired) electrons. The predicted molar refractivity (Wildman–Crippen MR) is 87.5 cm³/mol. The number of halogens is 4. The zero-order valence-electron chi connectivity index (χ0n) is 12.8. The van der Waals surface area contributed by atoms with E-state index in [9.17, 15) is 28.4 Å². The molecular formula is C16H10ClF3N2O4. The fraction of sp³-hybridized carbons (Fsp3) is 0.125. The van der Waals surface area contributed by atoms with E-state index in [1.807, 2.05) is 0 Å². The van der Waals surface area contributed by atoms with E-state index in [2.05, 4.69) is 4.74 Å². The first-order valence-corrected chi connectivity index (χ1v) is 7.52. The maximum atomic E-state index is 12.2. The highest BCUT2D eigenvalue weighted by Gasteiger charge is 2.31. The zero-order chi connectivity index (χ0) is 19.1. The summed E-state index contributed by atoms with van der Waals surface area (Å²) in [7, 11) is 0. The van der Waals surface area contributed by atoms with Crippen LogP contribution in [0.5, 0.6) is 11.6 Å². The van der Waals surface area contributed by atoms with E-state index in [4.69, 9.17) is 11.6 Å². The van der Waals surface area contributed by atoms with Crippen molar-refractivity contribution < 1.29 is 27.9 Å². The number of non-ortho nitro benzene ring substituents is 1. The van der Waals surface area contributed by atoms with Crippen molar-refractivity contribution in [2.45, 2.75) is 12.9 Å². The van der Waals surface area contributed by atoms with Gasteiger partial charge in [0.1, 0.15) is 5.75 Å². The summed E-state index contributed by atoms with van der Waals surface area (Å²) in [5.74, 6) is -0.558. The molecule has 0 bridgehead atoms. The Hall–Kier alpha value is -2.94. The van der Waals surface area contributed by atoms with Crippen molar-refractivity contribution in [2.24, 2.45) is 0 Å². The molecule has 1 aromatic heterocycles. The van der Waals surface area contributed by atoms with Gasteiger partial charge in [-0.25, -0.2) is 0 Å². The fourth-order valence-corrected chi connectivity index (χ4v) is 2.85. The van der Waals surface area contributed by atoms with Crippen molar-refractivity contribution in [2.75, 3.05) is 0 Å². The Morgan fingerprint density at radius 3 is 2.46 bits per heavy atom. The third kappa shape index (κ3) is 3.67. The maximum absolute atomic E-state index is 12.2. The van der Waals surface area contributed by atoms with Gasteiger partial charge in [0.05, 0.1) is 21.9 Å². The number of nitrogens with zero attached hydrogens (tertiary/aromatic N) is 2. The van der Waals surface area contributed by atoms with Gasteiger partial charge in [-0.3, -0.25) is 10.1 Å². The van der Waals surface area contributed by atoms with Crippen LogP contribution < -0.4 is 4.74 Å². The Morgan fingerprint density at radius 1 is 1.23 bits per heavy atom. The molecule has 0 saturated heterocycles. The SMILES string of the molecule is O=[N+]([O-])c1cc(Cl)c2c(O)n(Cc3ccc(OC(F)(F)F)cc3)cc2c1. The van der Waals surface area contributed by atoms with Crippen LogP contribution in [0.2, 0.25) is 5.02 Å². The molecule has 0 fully saturated rings. The predicted octanol–water partition coefficient (Wildman–Crippen LogP) is 4.86. The van der Waals surface area contributed by atoms with Gasteiger partial charge < -0.3 is 14.4 Å². The summed E-state index contributed by atoms with van der Waals surface area (Å²) in [4.78, 5) is 10.3. The first kappa shape index (κ1) is 17.9. The van der Waals surface area contributed by atoms with Crippen LogP contribution in [0.3, 0.4) is 0 Å². The highest BCUT2D eigenvalue weighted by atomic mass is 35.5. The minimum absolute atomic E-state index is 0.0272. The van der Waals surface area contributed by atoms with Crippen molar-refractivity contribution >= 4 is 28.1 Å². The number of hydrogen-bond donors (Lipinski definition) is 1. The number of alkyl halides is 3. The summed E-state index contributed by atoms with van der Waals surface area (Å²) in [5, 5.41) is 21.9. The molecule has 1 heterocycles. The molecule has 1 N–H and O–H groups in total. The number of ether oxygens (including phenoxy) is 1. The summed E-state index contributed by atoms with van der Waals surface area (Å²) in [6, 6.07) is 7.54. The lowest BCUT2D eigenvalue weighted by Crippen LogP contribution is -2.17. The Morgan fingerprint density at radius 2 is 1.88 bits per heavy atom. The fourth-order valence-electron chi connectivity index (χ4n) is 2.54. The third-order valence-corrected chi connectivity index (χ3v) is 3.91. The summed E-state index contributed by atoms with van der Waals surface area (Å²) >= 11 is 6.01. The minimum atomic E-state index is -4.77. The second-order valence-electron chi connectivity index (χ2n) is 5.42. The monoisotopic (exact) mass is 386 g/mol. The van der Waals surface area contributed by atoms with E-state index in [0.29, 0.717) is 10.9 Å². The first-order valence-electron chi connectivity index (χ1n) is 7.14. The molecule has 6 nitrogen and oxygen atoms in total. The molecule has 0 amide bonds. The molecule has 3 aromatic rings. The molecular weight excluding hydrogens is 377 g/mol. The lowest BCUT2D eigenvalue weighted by molar-refractivity contribution is -0.384. The average Bonchev–Trinajstić information content (AvgIpc) is 2.84. The third-order valence-electron chi connectivity index (χ3n) is 3.62. The van der Waals surface area contributed by atoms with Crippen molar-refractivity contribution in [1.29, 1.82) is 0 Å². The zero-order valence-corrected chi connectivity index (χ0v) is 13.6. The van der Waals surface area contributed by atoms with Crippen LogP contribution in [0.15, 0.2) is 42.6 Å². The van der Waals surface area contributed by atoms with Crippen LogP contribution in [-0.2, 0) is 6.54 Å². The van der Waals surface area contributed by atoms with Gasteiger partial charge in [-0.1, -0.05) is 23.7 Å². The van der Waals surface area contributed by atoms with Crippen LogP contribution in [0.1, 0.15) is 5.56 Å². The number of rotatable bonds is 4. The van der Waals surface area contributed by atoms with Gasteiger partial charge in [-0.05, 0) is 17.7 Å². The van der Waals surface area contributed by atoms with Crippen LogP contribution in [0.4, 0.5) is 18.9 Å². The van der Waals surface area contributed by atoms with Crippen LogP contribution in [0.25, 0.3) is 10.8 Å². The normalized spacial score (nSPS) is 11.7. The summed E-state index contributed by atoms with van der Waals surface area (Å²) in [6.07, 6.45) is -3.30. The van der Waals surface area contributed by atoms with Crippen LogP contribution in [0, 0.1) is 10.1 Å². The number of benzene rings is 2. The van der Waals surface area contributed by atoms with E-state index >= 15 is 0 Å². The highest BCUT2D eigenvalue weighted by Crippen LogP contribution is 2.37. The number of aromatic hydroxyl groups is 1. The van der Waals surface area contributed by atoms with Gasteiger partial charge in [0, 0.05) is 23.7 Å². The average molecular weight is 387 g/mol. The molecule has 3 rings (SSSR count). The van der Waals surface area contributed by atoms with E-state index < -0.39 is 11.3 Å². The molecule has 2 aromatic carbocycles. The topological polar surface area (TPSA) is 77.5 Å². The molecule has 0 aliphatic carbocycles.